The number of anilines is 1. The largest absolute Gasteiger partial charge is 0.497 e. The van der Waals surface area contributed by atoms with Crippen LogP contribution in [0.25, 0.3) is 5.69 Å². The monoisotopic (exact) mass is 516 g/mol. The predicted octanol–water partition coefficient (Wildman–Crippen LogP) is 4.67. The zero-order valence-corrected chi connectivity index (χ0v) is 21.3. The summed E-state index contributed by atoms with van der Waals surface area (Å²) in [6.07, 6.45) is 3.48. The first kappa shape index (κ1) is 26.8. The molecule has 0 aliphatic heterocycles. The fourth-order valence-corrected chi connectivity index (χ4v) is 3.52. The summed E-state index contributed by atoms with van der Waals surface area (Å²) in [6, 6.07) is 8.72. The molecule has 2 N–H and O–H groups in total. The lowest BCUT2D eigenvalue weighted by atomic mass is 10.0. The van der Waals surface area contributed by atoms with Crippen LogP contribution in [0.2, 0.25) is 5.02 Å². The van der Waals surface area contributed by atoms with Gasteiger partial charge in [-0.05, 0) is 45.4 Å². The van der Waals surface area contributed by atoms with Crippen LogP contribution in [0, 0.1) is 0 Å². The molecule has 0 saturated carbocycles. The smallest absolute Gasteiger partial charge is 0.330 e. The quantitative estimate of drug-likeness (QED) is 0.276. The number of aromatic nitrogens is 3. The highest BCUT2D eigenvalue weighted by Crippen LogP contribution is 2.33. The van der Waals surface area contributed by atoms with E-state index < -0.39 is 17.6 Å². The van der Waals surface area contributed by atoms with E-state index in [0.29, 0.717) is 39.9 Å². The average molecular weight is 517 g/mol. The van der Waals surface area contributed by atoms with Crippen molar-refractivity contribution in [3.8, 4) is 17.2 Å². The molecule has 0 spiro atoms. The van der Waals surface area contributed by atoms with Gasteiger partial charge in [0.25, 0.3) is 0 Å². The Kier molecular flexibility index (Phi) is 8.76. The Morgan fingerprint density at radius 1 is 1.19 bits per heavy atom. The number of methoxy groups -OCH3 is 1. The molecule has 0 saturated heterocycles. The number of carbonyl (C=O) groups excluding carboxylic acids is 1. The van der Waals surface area contributed by atoms with Gasteiger partial charge in [0, 0.05) is 34.8 Å². The van der Waals surface area contributed by atoms with Crippen molar-refractivity contribution in [2.24, 2.45) is 0 Å². The lowest BCUT2D eigenvalue weighted by Crippen LogP contribution is -2.24. The zero-order valence-electron chi connectivity index (χ0n) is 20.5. The standard InChI is InChI=1S/C25H29ClN4O6/c1-25(2,3)36-22(31)6-5-9-35-21-10-16(26)7-8-20(21)23(24(32)33)29-17-11-18(13-19(12-17)34-4)30-15-27-14-28-30/h7-8,10-15,23,29H,5-6,9H2,1-4H3,(H,32,33). The molecule has 36 heavy (non-hydrogen) atoms. The summed E-state index contributed by atoms with van der Waals surface area (Å²) < 4.78 is 18.1. The maximum absolute atomic E-state index is 12.3. The molecule has 0 radical (unpaired) electrons. The number of hydrogen-bond acceptors (Lipinski definition) is 8. The highest BCUT2D eigenvalue weighted by molar-refractivity contribution is 6.30. The molecule has 0 aliphatic carbocycles. The number of carboxylic acids is 1. The van der Waals surface area contributed by atoms with E-state index >= 15 is 0 Å². The molecule has 11 heteroatoms. The summed E-state index contributed by atoms with van der Waals surface area (Å²) in [6.45, 7) is 5.58. The van der Waals surface area contributed by atoms with Crippen LogP contribution in [0.3, 0.4) is 0 Å². The van der Waals surface area contributed by atoms with Crippen molar-refractivity contribution in [3.05, 3.63) is 59.6 Å². The lowest BCUT2D eigenvalue weighted by molar-refractivity contribution is -0.155. The average Bonchev–Trinajstić information content (AvgIpc) is 3.34. The van der Waals surface area contributed by atoms with Crippen LogP contribution in [-0.4, -0.2) is 51.1 Å². The van der Waals surface area contributed by atoms with Gasteiger partial charge in [-0.3, -0.25) is 4.79 Å². The number of nitrogens with zero attached hydrogens (tertiary/aromatic N) is 3. The predicted molar refractivity (Wildman–Crippen MR) is 134 cm³/mol. The number of carboxylic acid groups (broad SMARTS) is 1. The molecule has 0 amide bonds. The molecule has 0 fully saturated rings. The molecule has 1 aromatic heterocycles. The Balaban J connectivity index is 1.79. The maximum Gasteiger partial charge on any atom is 0.330 e. The summed E-state index contributed by atoms with van der Waals surface area (Å²) in [4.78, 5) is 28.2. The van der Waals surface area contributed by atoms with Gasteiger partial charge in [0.2, 0.25) is 0 Å². The third kappa shape index (κ3) is 7.61. The maximum atomic E-state index is 12.3. The van der Waals surface area contributed by atoms with E-state index in [-0.39, 0.29) is 19.0 Å². The van der Waals surface area contributed by atoms with Gasteiger partial charge in [0.05, 0.1) is 19.4 Å². The molecule has 2 aromatic carbocycles. The molecule has 3 aromatic rings. The highest BCUT2D eigenvalue weighted by Gasteiger charge is 2.25. The molecule has 10 nitrogen and oxygen atoms in total. The fraction of sp³-hybridized carbons (Fsp3) is 0.360. The van der Waals surface area contributed by atoms with Crippen LogP contribution in [0.15, 0.2) is 49.1 Å². The van der Waals surface area contributed by atoms with Crippen molar-refractivity contribution >= 4 is 29.2 Å². The number of nitrogens with one attached hydrogen (secondary N) is 1. The van der Waals surface area contributed by atoms with Gasteiger partial charge in [-0.1, -0.05) is 17.7 Å². The molecule has 1 heterocycles. The summed E-state index contributed by atoms with van der Waals surface area (Å²) in [5.74, 6) is -0.653. The number of esters is 1. The molecular weight excluding hydrogens is 488 g/mol. The number of halogens is 1. The third-order valence-electron chi connectivity index (χ3n) is 4.86. The summed E-state index contributed by atoms with van der Waals surface area (Å²) in [7, 11) is 1.52. The summed E-state index contributed by atoms with van der Waals surface area (Å²) >= 11 is 6.16. The number of rotatable bonds is 11. The van der Waals surface area contributed by atoms with Crippen molar-refractivity contribution in [1.82, 2.24) is 14.8 Å². The van der Waals surface area contributed by atoms with E-state index in [9.17, 15) is 14.7 Å². The zero-order chi connectivity index (χ0) is 26.3. The minimum atomic E-state index is -1.17. The number of ether oxygens (including phenoxy) is 3. The first-order chi connectivity index (χ1) is 17.1. The van der Waals surface area contributed by atoms with Gasteiger partial charge >= 0.3 is 11.9 Å². The van der Waals surface area contributed by atoms with Gasteiger partial charge in [0.1, 0.15) is 29.8 Å². The second-order valence-corrected chi connectivity index (χ2v) is 9.33. The Hall–Kier alpha value is -3.79. The SMILES string of the molecule is COc1cc(NC(C(=O)O)c2ccc(Cl)cc2OCCCC(=O)OC(C)(C)C)cc(-n2cncn2)c1. The summed E-state index contributed by atoms with van der Waals surface area (Å²) in [5.41, 5.74) is 0.924. The molecule has 0 bridgehead atoms. The van der Waals surface area contributed by atoms with E-state index in [2.05, 4.69) is 15.4 Å². The van der Waals surface area contributed by atoms with Gasteiger partial charge in [-0.2, -0.15) is 5.10 Å². The fourth-order valence-electron chi connectivity index (χ4n) is 3.36. The van der Waals surface area contributed by atoms with Gasteiger partial charge in [0.15, 0.2) is 6.04 Å². The van der Waals surface area contributed by atoms with Crippen LogP contribution >= 0.6 is 11.6 Å². The number of hydrogen-bond donors (Lipinski definition) is 2. The summed E-state index contributed by atoms with van der Waals surface area (Å²) in [5, 5.41) is 17.6. The highest BCUT2D eigenvalue weighted by atomic mass is 35.5. The number of benzene rings is 2. The van der Waals surface area contributed by atoms with Crippen LogP contribution in [0.4, 0.5) is 5.69 Å². The van der Waals surface area contributed by atoms with Crippen LogP contribution in [0.5, 0.6) is 11.5 Å². The van der Waals surface area contributed by atoms with Crippen LogP contribution in [-0.2, 0) is 14.3 Å². The normalized spacial score (nSPS) is 12.0. The van der Waals surface area contributed by atoms with Crippen LogP contribution < -0.4 is 14.8 Å². The first-order valence-corrected chi connectivity index (χ1v) is 11.6. The molecule has 192 valence electrons. The minimum Gasteiger partial charge on any atom is -0.497 e. The lowest BCUT2D eigenvalue weighted by Gasteiger charge is -2.21. The van der Waals surface area contributed by atoms with E-state index in [0.717, 1.165) is 0 Å². The molecule has 1 atom stereocenters. The van der Waals surface area contributed by atoms with Gasteiger partial charge < -0.3 is 24.6 Å². The van der Waals surface area contributed by atoms with E-state index in [1.165, 1.54) is 24.4 Å². The second-order valence-electron chi connectivity index (χ2n) is 8.90. The van der Waals surface area contributed by atoms with E-state index in [1.807, 2.05) is 0 Å². The van der Waals surface area contributed by atoms with E-state index in [1.54, 1.807) is 57.2 Å². The Morgan fingerprint density at radius 2 is 1.97 bits per heavy atom. The van der Waals surface area contributed by atoms with Crippen molar-refractivity contribution in [3.63, 3.8) is 0 Å². The third-order valence-corrected chi connectivity index (χ3v) is 5.09. The second kappa shape index (κ2) is 11.8. The molecular formula is C25H29ClN4O6. The van der Waals surface area contributed by atoms with E-state index in [4.69, 9.17) is 25.8 Å². The molecule has 1 unspecified atom stereocenters. The first-order valence-electron chi connectivity index (χ1n) is 11.2. The van der Waals surface area contributed by atoms with Gasteiger partial charge in [-0.25, -0.2) is 14.5 Å². The Labute approximate surface area is 214 Å². The van der Waals surface area contributed by atoms with Crippen LogP contribution in [0.1, 0.15) is 45.2 Å². The Morgan fingerprint density at radius 3 is 2.61 bits per heavy atom. The Bertz CT molecular complexity index is 1190. The molecule has 0 aliphatic rings. The van der Waals surface area contributed by atoms with Crippen molar-refractivity contribution < 1.29 is 28.9 Å². The topological polar surface area (TPSA) is 125 Å². The van der Waals surface area contributed by atoms with Gasteiger partial charge in [-0.15, -0.1) is 0 Å². The van der Waals surface area contributed by atoms with Crippen molar-refractivity contribution in [2.75, 3.05) is 19.0 Å². The minimum absolute atomic E-state index is 0.169. The number of carbonyl (C=O) groups is 2. The number of aliphatic carboxylic acids is 1. The van der Waals surface area contributed by atoms with Crippen molar-refractivity contribution in [2.45, 2.75) is 45.3 Å². The van der Waals surface area contributed by atoms with Crippen molar-refractivity contribution in [1.29, 1.82) is 0 Å². The molecule has 3 rings (SSSR count).